The smallest absolute Gasteiger partial charge is 0.427 e. The first-order chi connectivity index (χ1) is 6.67. The Morgan fingerprint density at radius 2 is 1.50 bits per heavy atom. The van der Waals surface area contributed by atoms with Gasteiger partial charge in [-0.1, -0.05) is 19.3 Å². The van der Waals surface area contributed by atoms with E-state index in [9.17, 15) is 10.0 Å². The first-order valence-corrected chi connectivity index (χ1v) is 6.03. The summed E-state index contributed by atoms with van der Waals surface area (Å²) in [6, 6.07) is 0. The second-order valence-corrected chi connectivity index (χ2v) is 5.96. The summed E-state index contributed by atoms with van der Waals surface area (Å²) in [7, 11) is -1.05. The highest BCUT2D eigenvalue weighted by molar-refractivity contribution is 6.46. The molecule has 2 bridgehead atoms. The molecule has 0 radical (unpaired) electrons. The van der Waals surface area contributed by atoms with Gasteiger partial charge in [-0.3, -0.25) is 0 Å². The predicted molar refractivity (Wildman–Crippen MR) is 55.7 cm³/mol. The maximum atomic E-state index is 9.24. The molecule has 0 aromatic heterocycles. The summed E-state index contributed by atoms with van der Waals surface area (Å²) in [6.07, 6.45) is 10.3. The lowest BCUT2D eigenvalue weighted by atomic mass is 9.22. The van der Waals surface area contributed by atoms with E-state index in [2.05, 4.69) is 0 Å². The predicted octanol–water partition coefficient (Wildman–Crippen LogP) is 1.96. The zero-order valence-electron chi connectivity index (χ0n) is 8.71. The van der Waals surface area contributed by atoms with E-state index < -0.39 is 7.12 Å². The Balaban J connectivity index is 1.63. The average molecular weight is 194 g/mol. The van der Waals surface area contributed by atoms with Crippen LogP contribution >= 0.6 is 0 Å². The van der Waals surface area contributed by atoms with Gasteiger partial charge in [0.1, 0.15) is 0 Å². The first-order valence-electron chi connectivity index (χ1n) is 6.03. The Morgan fingerprint density at radius 3 is 2.00 bits per heavy atom. The minimum absolute atomic E-state index is 0.0581. The molecule has 0 aliphatic heterocycles. The van der Waals surface area contributed by atoms with Crippen LogP contribution in [0.5, 0.6) is 0 Å². The van der Waals surface area contributed by atoms with Gasteiger partial charge in [0.25, 0.3) is 0 Å². The van der Waals surface area contributed by atoms with E-state index in [4.69, 9.17) is 0 Å². The maximum Gasteiger partial charge on any atom is 0.458 e. The minimum atomic E-state index is -1.05. The minimum Gasteiger partial charge on any atom is -0.427 e. The fourth-order valence-corrected chi connectivity index (χ4v) is 4.37. The Bertz CT molecular complexity index is 226. The summed E-state index contributed by atoms with van der Waals surface area (Å²) < 4.78 is 0. The van der Waals surface area contributed by atoms with Crippen molar-refractivity contribution >= 4 is 7.12 Å². The lowest BCUT2D eigenvalue weighted by Crippen LogP contribution is -2.66. The third-order valence-electron chi connectivity index (χ3n) is 5.13. The van der Waals surface area contributed by atoms with Crippen LogP contribution in [-0.4, -0.2) is 17.2 Å². The molecule has 4 fully saturated rings. The van der Waals surface area contributed by atoms with Crippen molar-refractivity contribution in [2.45, 2.75) is 56.7 Å². The van der Waals surface area contributed by atoms with E-state index in [0.717, 1.165) is 25.2 Å². The van der Waals surface area contributed by atoms with E-state index in [1.54, 1.807) is 0 Å². The molecule has 14 heavy (non-hydrogen) atoms. The van der Waals surface area contributed by atoms with Gasteiger partial charge in [0, 0.05) is 5.31 Å². The third-order valence-corrected chi connectivity index (χ3v) is 5.13. The van der Waals surface area contributed by atoms with Crippen LogP contribution < -0.4 is 0 Å². The van der Waals surface area contributed by atoms with Gasteiger partial charge in [0.05, 0.1) is 0 Å². The summed E-state index contributed by atoms with van der Waals surface area (Å²) >= 11 is 0. The van der Waals surface area contributed by atoms with Crippen LogP contribution in [0, 0.1) is 11.3 Å². The Hall–Kier alpha value is -0.0151. The van der Waals surface area contributed by atoms with Gasteiger partial charge >= 0.3 is 7.12 Å². The van der Waals surface area contributed by atoms with Crippen LogP contribution in [0.25, 0.3) is 0 Å². The molecule has 2 nitrogen and oxygen atoms in total. The highest BCUT2D eigenvalue weighted by Gasteiger charge is 2.73. The fraction of sp³-hybridized carbons (Fsp3) is 1.00. The number of hydrogen-bond acceptors (Lipinski definition) is 2. The molecule has 0 spiro atoms. The van der Waals surface area contributed by atoms with Crippen LogP contribution in [0.1, 0.15) is 51.4 Å². The molecule has 4 aliphatic carbocycles. The van der Waals surface area contributed by atoms with Gasteiger partial charge in [0.15, 0.2) is 0 Å². The molecule has 0 aromatic rings. The number of hydrogen-bond donors (Lipinski definition) is 2. The van der Waals surface area contributed by atoms with Crippen LogP contribution in [-0.2, 0) is 0 Å². The van der Waals surface area contributed by atoms with Crippen LogP contribution in [0.2, 0.25) is 5.31 Å². The largest absolute Gasteiger partial charge is 0.458 e. The Morgan fingerprint density at radius 1 is 0.929 bits per heavy atom. The van der Waals surface area contributed by atoms with Crippen molar-refractivity contribution in [1.82, 2.24) is 0 Å². The molecule has 0 amide bonds. The summed E-state index contributed by atoms with van der Waals surface area (Å²) in [5.74, 6) is 0.914. The van der Waals surface area contributed by atoms with Gasteiger partial charge in [-0.05, 0) is 43.4 Å². The van der Waals surface area contributed by atoms with E-state index in [1.165, 1.54) is 32.1 Å². The second kappa shape index (κ2) is 2.76. The average Bonchev–Trinajstić information content (AvgIpc) is 2.00. The van der Waals surface area contributed by atoms with Crippen LogP contribution in [0.3, 0.4) is 0 Å². The molecule has 0 heterocycles. The van der Waals surface area contributed by atoms with Crippen LogP contribution in [0.15, 0.2) is 0 Å². The van der Waals surface area contributed by atoms with E-state index >= 15 is 0 Å². The van der Waals surface area contributed by atoms with Crippen molar-refractivity contribution in [1.29, 1.82) is 0 Å². The molecule has 2 N–H and O–H groups in total. The lowest BCUT2D eigenvalue weighted by molar-refractivity contribution is -0.158. The van der Waals surface area contributed by atoms with E-state index in [-0.39, 0.29) is 5.31 Å². The molecule has 0 saturated heterocycles. The van der Waals surface area contributed by atoms with Crippen molar-refractivity contribution < 1.29 is 10.0 Å². The fourth-order valence-electron chi connectivity index (χ4n) is 4.37. The number of rotatable bonds is 2. The molecule has 4 saturated carbocycles. The highest BCUT2D eigenvalue weighted by Crippen LogP contribution is 2.82. The molecule has 0 unspecified atom stereocenters. The van der Waals surface area contributed by atoms with Crippen molar-refractivity contribution in [3.8, 4) is 0 Å². The monoisotopic (exact) mass is 194 g/mol. The zero-order chi connectivity index (χ0) is 9.81. The maximum absolute atomic E-state index is 9.24. The second-order valence-electron chi connectivity index (χ2n) is 5.96. The van der Waals surface area contributed by atoms with Crippen molar-refractivity contribution in [2.24, 2.45) is 11.3 Å². The van der Waals surface area contributed by atoms with Crippen molar-refractivity contribution in [3.63, 3.8) is 0 Å². The van der Waals surface area contributed by atoms with Gasteiger partial charge in [-0.25, -0.2) is 0 Å². The quantitative estimate of drug-likeness (QED) is 0.659. The van der Waals surface area contributed by atoms with Crippen molar-refractivity contribution in [2.75, 3.05) is 0 Å². The topological polar surface area (TPSA) is 40.5 Å². The molecule has 0 atom stereocenters. The normalized spacial score (nSPS) is 46.7. The Kier molecular flexibility index (Phi) is 1.82. The van der Waals surface area contributed by atoms with E-state index in [1.807, 2.05) is 0 Å². The van der Waals surface area contributed by atoms with Crippen LogP contribution in [0.4, 0.5) is 0 Å². The van der Waals surface area contributed by atoms with Crippen molar-refractivity contribution in [3.05, 3.63) is 0 Å². The molecule has 3 heteroatoms. The summed E-state index contributed by atoms with van der Waals surface area (Å²) in [5, 5.41) is 18.4. The lowest BCUT2D eigenvalue weighted by Gasteiger charge is -2.73. The highest BCUT2D eigenvalue weighted by atomic mass is 16.4. The first kappa shape index (κ1) is 9.23. The molecular weight excluding hydrogens is 175 g/mol. The van der Waals surface area contributed by atoms with Gasteiger partial charge in [-0.2, -0.15) is 0 Å². The summed E-state index contributed by atoms with van der Waals surface area (Å²) in [5.41, 5.74) is 0.560. The third kappa shape index (κ3) is 1.00. The summed E-state index contributed by atoms with van der Waals surface area (Å²) in [4.78, 5) is 0. The molecule has 78 valence electrons. The van der Waals surface area contributed by atoms with E-state index in [0.29, 0.717) is 5.41 Å². The Labute approximate surface area is 85.9 Å². The molecule has 0 aromatic carbocycles. The molecule has 4 rings (SSSR count). The SMILES string of the molecule is OB(O)C12CC(C3CCCCC3)(C1)C2. The summed E-state index contributed by atoms with van der Waals surface area (Å²) in [6.45, 7) is 0. The standard InChI is InChI=1S/C11H19BO2/c13-12(14)11-6-10(7-11,8-11)9-4-2-1-3-5-9/h9,13-14H,1-8H2. The molecule has 4 aliphatic rings. The molecular formula is C11H19BO2. The zero-order valence-corrected chi connectivity index (χ0v) is 8.71. The van der Waals surface area contributed by atoms with Gasteiger partial charge in [0.2, 0.25) is 0 Å². The van der Waals surface area contributed by atoms with Gasteiger partial charge in [-0.15, -0.1) is 0 Å². The van der Waals surface area contributed by atoms with Gasteiger partial charge < -0.3 is 10.0 Å².